The van der Waals surface area contributed by atoms with E-state index in [1.165, 1.54) is 19.3 Å². The van der Waals surface area contributed by atoms with Gasteiger partial charge in [0.05, 0.1) is 0 Å². The summed E-state index contributed by atoms with van der Waals surface area (Å²) in [7, 11) is 9.75. The van der Waals surface area contributed by atoms with Crippen molar-refractivity contribution in [3.05, 3.63) is 0 Å². The van der Waals surface area contributed by atoms with E-state index in [2.05, 4.69) is 0 Å². The molecule has 4 N–H and O–H groups in total. The molecule has 0 bridgehead atoms. The summed E-state index contributed by atoms with van der Waals surface area (Å²) in [5.74, 6) is 0. The van der Waals surface area contributed by atoms with Crippen molar-refractivity contribution < 1.29 is 16.5 Å². The molecule has 0 spiro atoms. The van der Waals surface area contributed by atoms with E-state index in [1.54, 1.807) is 0 Å². The molecule has 0 aromatic carbocycles. The summed E-state index contributed by atoms with van der Waals surface area (Å²) in [4.78, 5) is 0. The van der Waals surface area contributed by atoms with Crippen molar-refractivity contribution in [3.8, 4) is 0 Å². The second-order valence-corrected chi connectivity index (χ2v) is 5.49. The average Bonchev–Trinajstić information content (AvgIpc) is 1.91. The van der Waals surface area contributed by atoms with Gasteiger partial charge in [-0.25, -0.2) is 0 Å². The van der Waals surface area contributed by atoms with Crippen molar-refractivity contribution in [2.24, 2.45) is 0 Å². The molecule has 11 heavy (non-hydrogen) atoms. The van der Waals surface area contributed by atoms with Crippen LogP contribution in [-0.4, -0.2) is 5.71 Å². The molecule has 0 atom stereocenters. The average molecular weight is 380 g/mol. The maximum absolute atomic E-state index is 7.19. The zero-order valence-electron chi connectivity index (χ0n) is 6.31. The van der Waals surface area contributed by atoms with Gasteiger partial charge in [-0.15, -0.1) is 0 Å². The van der Waals surface area contributed by atoms with Crippen LogP contribution in [0, 0.1) is 5.41 Å². The normalized spacial score (nSPS) is 16.4. The van der Waals surface area contributed by atoms with Crippen LogP contribution in [-0.2, 0) is 16.5 Å². The number of hydrogen-bond donors (Lipinski definition) is 2. The van der Waals surface area contributed by atoms with Gasteiger partial charge in [0.1, 0.15) is 0 Å². The molecule has 0 amide bonds. The third-order valence-electron chi connectivity index (χ3n) is 1.46. The fourth-order valence-electron chi connectivity index (χ4n) is 0.979. The number of hydrogen-bond acceptors (Lipinski definition) is 2. The second kappa shape index (κ2) is 10.9. The Morgan fingerprint density at radius 1 is 1.09 bits per heavy atom. The Kier molecular flexibility index (Phi) is 14.3. The van der Waals surface area contributed by atoms with Gasteiger partial charge in [-0.3, -0.25) is 0 Å². The zero-order chi connectivity index (χ0) is 7.82. The minimum atomic E-state index is -0.472. The van der Waals surface area contributed by atoms with Gasteiger partial charge in [0.2, 0.25) is 0 Å². The molecule has 1 aliphatic rings. The molecule has 1 rings (SSSR count). The Morgan fingerprint density at radius 3 is 1.64 bits per heavy atom. The molecule has 72 valence electrons. The Hall–Kier alpha value is 0.898. The topological polar surface area (TPSA) is 58.9 Å². The van der Waals surface area contributed by atoms with E-state index < -0.39 is 16.5 Å². The minimum absolute atomic E-state index is 0. The molecule has 5 heteroatoms. The third kappa shape index (κ3) is 10.9. The summed E-state index contributed by atoms with van der Waals surface area (Å²) in [6.07, 6.45) is 6.01. The molecule has 0 unspecified atom stereocenters. The first-order chi connectivity index (χ1) is 4.81. The van der Waals surface area contributed by atoms with Crippen LogP contribution in [0.3, 0.4) is 0 Å². The molecule has 1 fully saturated rings. The van der Waals surface area contributed by atoms with Gasteiger partial charge in [0.15, 0.2) is 0 Å². The number of rotatable bonds is 0. The van der Waals surface area contributed by atoms with Crippen LogP contribution in [0.25, 0.3) is 0 Å². The van der Waals surface area contributed by atoms with Gasteiger partial charge in [-0.05, 0) is 25.7 Å². The first-order valence-electron chi connectivity index (χ1n) is 3.20. The zero-order valence-corrected chi connectivity index (χ0v) is 10.1. The van der Waals surface area contributed by atoms with Crippen LogP contribution in [0.2, 0.25) is 0 Å². The van der Waals surface area contributed by atoms with Gasteiger partial charge >= 0.3 is 35.3 Å². The van der Waals surface area contributed by atoms with E-state index in [0.29, 0.717) is 0 Å². The summed E-state index contributed by atoms with van der Waals surface area (Å²) in [5.41, 5.74) is 0.964. The molecule has 0 aromatic heterocycles. The molecule has 0 heterocycles. The standard InChI is InChI=1S/C6H11N.2ClH.H3N.Pt/c7-6-4-2-1-3-5-6;;;;/h7H,1-5H2;2*1H;1H3;/q;;;;+2/p-2. The van der Waals surface area contributed by atoms with Crippen LogP contribution in [0.1, 0.15) is 32.1 Å². The van der Waals surface area contributed by atoms with E-state index in [1.807, 2.05) is 0 Å². The molecular weight excluding hydrogens is 366 g/mol. The number of halogens is 2. The van der Waals surface area contributed by atoms with Crippen LogP contribution < -0.4 is 6.15 Å². The van der Waals surface area contributed by atoms with Crippen molar-refractivity contribution in [1.29, 1.82) is 5.41 Å². The van der Waals surface area contributed by atoms with Crippen molar-refractivity contribution in [3.63, 3.8) is 0 Å². The van der Waals surface area contributed by atoms with Gasteiger partial charge in [-0.1, -0.05) is 6.42 Å². The molecule has 0 radical (unpaired) electrons. The van der Waals surface area contributed by atoms with Gasteiger partial charge in [-0.2, -0.15) is 0 Å². The Balaban J connectivity index is 0. The van der Waals surface area contributed by atoms with E-state index in [9.17, 15) is 0 Å². The van der Waals surface area contributed by atoms with Gasteiger partial charge in [0, 0.05) is 5.71 Å². The Bertz CT molecular complexity index is 92.6. The Labute approximate surface area is 84.5 Å². The van der Waals surface area contributed by atoms with Crippen LogP contribution >= 0.6 is 18.8 Å². The van der Waals surface area contributed by atoms with E-state index >= 15 is 0 Å². The predicted octanol–water partition coefficient (Wildman–Crippen LogP) is 3.51. The molecular formula is C6H14Cl2N2Pt. The second-order valence-electron chi connectivity index (χ2n) is 2.21. The molecule has 1 aliphatic carbocycles. The predicted molar refractivity (Wildman–Crippen MR) is 47.5 cm³/mol. The first-order valence-corrected chi connectivity index (χ1v) is 8.83. The summed E-state index contributed by atoms with van der Waals surface area (Å²) in [6, 6.07) is 0. The summed E-state index contributed by atoms with van der Waals surface area (Å²) in [6.45, 7) is 0. The first kappa shape index (κ1) is 14.4. The fourth-order valence-corrected chi connectivity index (χ4v) is 0.979. The molecule has 0 aromatic rings. The van der Waals surface area contributed by atoms with Crippen molar-refractivity contribution in [2.45, 2.75) is 32.1 Å². The summed E-state index contributed by atoms with van der Waals surface area (Å²) < 4.78 is 0. The molecule has 0 aliphatic heterocycles. The van der Waals surface area contributed by atoms with Crippen molar-refractivity contribution in [1.82, 2.24) is 6.15 Å². The van der Waals surface area contributed by atoms with Crippen molar-refractivity contribution in [2.75, 3.05) is 0 Å². The van der Waals surface area contributed by atoms with Gasteiger partial charge < -0.3 is 11.6 Å². The quantitative estimate of drug-likeness (QED) is 0.664. The van der Waals surface area contributed by atoms with Crippen molar-refractivity contribution >= 4 is 24.5 Å². The molecule has 1 saturated carbocycles. The van der Waals surface area contributed by atoms with E-state index in [-0.39, 0.29) is 6.15 Å². The van der Waals surface area contributed by atoms with Crippen LogP contribution in [0.4, 0.5) is 0 Å². The summed E-state index contributed by atoms with van der Waals surface area (Å²) >= 11 is -0.472. The van der Waals surface area contributed by atoms with E-state index in [0.717, 1.165) is 18.6 Å². The van der Waals surface area contributed by atoms with E-state index in [4.69, 9.17) is 24.2 Å². The SMILES string of the molecule is N.N=C1CCCCC1.[Cl][Pt][Cl]. The molecule has 2 nitrogen and oxygen atoms in total. The fraction of sp³-hybridized carbons (Fsp3) is 0.833. The summed E-state index contributed by atoms with van der Waals surface area (Å²) in [5, 5.41) is 7.19. The third-order valence-corrected chi connectivity index (χ3v) is 1.46. The van der Waals surface area contributed by atoms with Crippen LogP contribution in [0.5, 0.6) is 0 Å². The molecule has 0 saturated heterocycles. The monoisotopic (exact) mass is 379 g/mol. The Morgan fingerprint density at radius 2 is 1.45 bits per heavy atom. The van der Waals surface area contributed by atoms with Gasteiger partial charge in [0.25, 0.3) is 0 Å². The van der Waals surface area contributed by atoms with Crippen LogP contribution in [0.15, 0.2) is 0 Å². The maximum atomic E-state index is 7.19. The number of nitrogens with one attached hydrogen (secondary N) is 1.